The second-order valence-corrected chi connectivity index (χ2v) is 1.69. The number of carbonyl (C=O) groups excluding carboxylic acids is 1. The third-order valence-electron chi connectivity index (χ3n) is 0.803. The van der Waals surface area contributed by atoms with Gasteiger partial charge >= 0.3 is 5.97 Å². The van der Waals surface area contributed by atoms with Gasteiger partial charge in [-0.05, 0) is 6.42 Å². The van der Waals surface area contributed by atoms with Crippen LogP contribution < -0.4 is 0 Å². The van der Waals surface area contributed by atoms with Gasteiger partial charge in [0.1, 0.15) is 0 Å². The van der Waals surface area contributed by atoms with E-state index in [2.05, 4.69) is 11.7 Å². The number of hydrogen-bond acceptors (Lipinski definition) is 2. The van der Waals surface area contributed by atoms with E-state index in [0.29, 0.717) is 6.61 Å². The standard InChI is InChI=1S/C6H12O2.Ti/c1-3-4-5-8-6(2)7;/h3-5H2,1-2H3;. The maximum absolute atomic E-state index is 10.1. The number of esters is 1. The predicted octanol–water partition coefficient (Wildman–Crippen LogP) is 1.35. The second-order valence-electron chi connectivity index (χ2n) is 1.69. The average Bonchev–Trinajstić information content (AvgIpc) is 1.66. The number of unbranched alkanes of at least 4 members (excludes halogenated alkanes) is 1. The first kappa shape index (κ1) is 11.9. The first-order valence-corrected chi connectivity index (χ1v) is 2.90. The molecule has 0 fully saturated rings. The summed E-state index contributed by atoms with van der Waals surface area (Å²) in [5, 5.41) is 0. The Morgan fingerprint density at radius 3 is 2.44 bits per heavy atom. The molecule has 0 aromatic rings. The van der Waals surface area contributed by atoms with E-state index in [1.54, 1.807) is 0 Å². The average molecular weight is 164 g/mol. The summed E-state index contributed by atoms with van der Waals surface area (Å²) in [4.78, 5) is 10.1. The number of hydrogen-bond donors (Lipinski definition) is 0. The summed E-state index contributed by atoms with van der Waals surface area (Å²) in [5.41, 5.74) is 0. The van der Waals surface area contributed by atoms with E-state index in [1.165, 1.54) is 6.92 Å². The Balaban J connectivity index is 0. The fourth-order valence-electron chi connectivity index (χ4n) is 0.360. The van der Waals surface area contributed by atoms with Crippen molar-refractivity contribution in [3.05, 3.63) is 0 Å². The van der Waals surface area contributed by atoms with Crippen LogP contribution in [0, 0.1) is 0 Å². The van der Waals surface area contributed by atoms with Crippen molar-refractivity contribution in [2.75, 3.05) is 6.61 Å². The molecule has 0 N–H and O–H groups in total. The second kappa shape index (κ2) is 8.18. The summed E-state index contributed by atoms with van der Waals surface area (Å²) >= 11 is 0. The topological polar surface area (TPSA) is 26.3 Å². The van der Waals surface area contributed by atoms with Gasteiger partial charge in [-0.1, -0.05) is 13.3 Å². The molecule has 0 bridgehead atoms. The van der Waals surface area contributed by atoms with Crippen LogP contribution in [0.3, 0.4) is 0 Å². The molecule has 0 radical (unpaired) electrons. The third kappa shape index (κ3) is 11.6. The van der Waals surface area contributed by atoms with Crippen LogP contribution >= 0.6 is 0 Å². The minimum absolute atomic E-state index is 0. The summed E-state index contributed by atoms with van der Waals surface area (Å²) in [6.07, 6.45) is 2.05. The third-order valence-corrected chi connectivity index (χ3v) is 0.803. The number of ether oxygens (including phenoxy) is 1. The van der Waals surface area contributed by atoms with E-state index in [0.717, 1.165) is 12.8 Å². The molecule has 2 nitrogen and oxygen atoms in total. The minimum atomic E-state index is -0.182. The van der Waals surface area contributed by atoms with Crippen LogP contribution in [0.5, 0.6) is 0 Å². The fourth-order valence-corrected chi connectivity index (χ4v) is 0.360. The summed E-state index contributed by atoms with van der Waals surface area (Å²) in [6, 6.07) is 0. The number of rotatable bonds is 3. The molecule has 0 amide bonds. The van der Waals surface area contributed by atoms with E-state index in [-0.39, 0.29) is 27.7 Å². The van der Waals surface area contributed by atoms with Gasteiger partial charge in [-0.15, -0.1) is 0 Å². The molecular formula is C6H12O2Ti. The Bertz CT molecular complexity index is 73.5. The van der Waals surface area contributed by atoms with Gasteiger partial charge in [0.05, 0.1) is 6.61 Å². The molecule has 0 spiro atoms. The van der Waals surface area contributed by atoms with Crippen molar-refractivity contribution in [1.82, 2.24) is 0 Å². The fraction of sp³-hybridized carbons (Fsp3) is 0.833. The van der Waals surface area contributed by atoms with Crippen LogP contribution in [-0.4, -0.2) is 12.6 Å². The smallest absolute Gasteiger partial charge is 0.302 e. The molecule has 0 saturated carbocycles. The Labute approximate surface area is 70.8 Å². The molecule has 0 unspecified atom stereocenters. The molecular weight excluding hydrogens is 152 g/mol. The van der Waals surface area contributed by atoms with Crippen LogP contribution in [0.15, 0.2) is 0 Å². The zero-order valence-electron chi connectivity index (χ0n) is 5.94. The molecule has 0 atom stereocenters. The Morgan fingerprint density at radius 1 is 1.56 bits per heavy atom. The van der Waals surface area contributed by atoms with Crippen LogP contribution in [0.2, 0.25) is 0 Å². The SMILES string of the molecule is CCCCOC(C)=O.[Ti]. The number of carbonyl (C=O) groups is 1. The molecule has 0 aromatic heterocycles. The van der Waals surface area contributed by atoms with Gasteiger partial charge in [-0.25, -0.2) is 0 Å². The minimum Gasteiger partial charge on any atom is -0.466 e. The Morgan fingerprint density at radius 2 is 2.11 bits per heavy atom. The van der Waals surface area contributed by atoms with E-state index < -0.39 is 0 Å². The van der Waals surface area contributed by atoms with Crippen molar-refractivity contribution in [2.24, 2.45) is 0 Å². The molecule has 9 heavy (non-hydrogen) atoms. The van der Waals surface area contributed by atoms with Gasteiger partial charge in [0.2, 0.25) is 0 Å². The van der Waals surface area contributed by atoms with Crippen molar-refractivity contribution in [3.8, 4) is 0 Å². The molecule has 0 aromatic carbocycles. The molecule has 0 rings (SSSR count). The van der Waals surface area contributed by atoms with Crippen molar-refractivity contribution in [1.29, 1.82) is 0 Å². The first-order valence-electron chi connectivity index (χ1n) is 2.90. The van der Waals surface area contributed by atoms with Gasteiger partial charge in [0, 0.05) is 28.6 Å². The Kier molecular flexibility index (Phi) is 10.8. The van der Waals surface area contributed by atoms with Gasteiger partial charge in [0.25, 0.3) is 0 Å². The molecule has 52 valence electrons. The van der Waals surface area contributed by atoms with Crippen molar-refractivity contribution < 1.29 is 31.2 Å². The van der Waals surface area contributed by atoms with Gasteiger partial charge in [-0.3, -0.25) is 4.79 Å². The van der Waals surface area contributed by atoms with Crippen LogP contribution in [0.1, 0.15) is 26.7 Å². The molecule has 0 aliphatic rings. The molecule has 0 saturated heterocycles. The summed E-state index contributed by atoms with van der Waals surface area (Å²) in [7, 11) is 0. The van der Waals surface area contributed by atoms with E-state index >= 15 is 0 Å². The van der Waals surface area contributed by atoms with E-state index in [1.807, 2.05) is 0 Å². The maximum atomic E-state index is 10.1. The maximum Gasteiger partial charge on any atom is 0.302 e. The Hall–Kier alpha value is 0.184. The van der Waals surface area contributed by atoms with Crippen LogP contribution in [-0.2, 0) is 31.2 Å². The monoisotopic (exact) mass is 164 g/mol. The quantitative estimate of drug-likeness (QED) is 0.357. The molecule has 0 aliphatic carbocycles. The normalized spacial score (nSPS) is 7.78. The largest absolute Gasteiger partial charge is 0.466 e. The van der Waals surface area contributed by atoms with Crippen LogP contribution in [0.4, 0.5) is 0 Å². The zero-order valence-corrected chi connectivity index (χ0v) is 7.50. The molecule has 0 heterocycles. The summed E-state index contributed by atoms with van der Waals surface area (Å²) < 4.78 is 4.64. The predicted molar refractivity (Wildman–Crippen MR) is 31.5 cm³/mol. The molecule has 0 aliphatic heterocycles. The van der Waals surface area contributed by atoms with Crippen LogP contribution in [0.25, 0.3) is 0 Å². The van der Waals surface area contributed by atoms with Crippen molar-refractivity contribution >= 4 is 5.97 Å². The zero-order chi connectivity index (χ0) is 6.41. The van der Waals surface area contributed by atoms with Gasteiger partial charge < -0.3 is 4.74 Å². The first-order chi connectivity index (χ1) is 3.77. The van der Waals surface area contributed by atoms with E-state index in [4.69, 9.17) is 0 Å². The van der Waals surface area contributed by atoms with Crippen molar-refractivity contribution in [3.63, 3.8) is 0 Å². The van der Waals surface area contributed by atoms with Gasteiger partial charge in [-0.2, -0.15) is 0 Å². The summed E-state index contributed by atoms with van der Waals surface area (Å²) in [5.74, 6) is -0.182. The van der Waals surface area contributed by atoms with Crippen molar-refractivity contribution in [2.45, 2.75) is 26.7 Å². The van der Waals surface area contributed by atoms with Gasteiger partial charge in [0.15, 0.2) is 0 Å². The molecule has 3 heteroatoms. The van der Waals surface area contributed by atoms with E-state index in [9.17, 15) is 4.79 Å². The summed E-state index contributed by atoms with van der Waals surface area (Å²) in [6.45, 7) is 4.06.